The van der Waals surface area contributed by atoms with Gasteiger partial charge in [-0.2, -0.15) is 0 Å². The molecule has 0 spiro atoms. The Labute approximate surface area is 61.9 Å². The number of hydrogen-bond acceptors (Lipinski definition) is 1. The molecule has 0 aliphatic rings. The van der Waals surface area contributed by atoms with Crippen molar-refractivity contribution in [2.75, 3.05) is 0 Å². The van der Waals surface area contributed by atoms with E-state index < -0.39 is 0 Å². The largest absolute Gasteiger partial charge is 0.340 e. The van der Waals surface area contributed by atoms with Gasteiger partial charge in [0.2, 0.25) is 0 Å². The van der Waals surface area contributed by atoms with E-state index in [-0.39, 0.29) is 0 Å². The van der Waals surface area contributed by atoms with E-state index in [4.69, 9.17) is 0 Å². The molecule has 1 aromatic rings. The van der Waals surface area contributed by atoms with Crippen molar-refractivity contribution < 1.29 is 0 Å². The summed E-state index contributed by atoms with van der Waals surface area (Å²) in [7, 11) is 0. The van der Waals surface area contributed by atoms with E-state index in [0.717, 1.165) is 15.9 Å². The molecule has 0 aromatic carbocycles. The van der Waals surface area contributed by atoms with Gasteiger partial charge in [0.15, 0.2) is 3.83 Å². The van der Waals surface area contributed by atoms with E-state index in [1.165, 1.54) is 0 Å². The molecule has 0 amide bonds. The summed E-state index contributed by atoms with van der Waals surface area (Å²) in [6.45, 7) is 2.09. The van der Waals surface area contributed by atoms with E-state index in [1.807, 2.05) is 6.20 Å². The first kappa shape index (κ1) is 6.07. The number of nitrogens with zero attached hydrogens (tertiary/aromatic N) is 1. The summed E-state index contributed by atoms with van der Waals surface area (Å²) in [5, 5.41) is 0. The van der Waals surface area contributed by atoms with Gasteiger partial charge in [0.05, 0.1) is 5.69 Å². The van der Waals surface area contributed by atoms with E-state index in [1.54, 1.807) is 0 Å². The van der Waals surface area contributed by atoms with Gasteiger partial charge < -0.3 is 4.98 Å². The number of aromatic nitrogens is 2. The van der Waals surface area contributed by atoms with Gasteiger partial charge in [-0.15, -0.1) is 0 Å². The van der Waals surface area contributed by atoms with Gasteiger partial charge in [0, 0.05) is 6.20 Å². The summed E-state index contributed by atoms with van der Waals surface area (Å²) >= 11 is 2.16. The SMILES string of the molecule is CCc1c[nH]c(I)n1. The van der Waals surface area contributed by atoms with Crippen LogP contribution in [0.2, 0.25) is 0 Å². The third-order valence-electron chi connectivity index (χ3n) is 0.962. The van der Waals surface area contributed by atoms with Crippen LogP contribution in [0.15, 0.2) is 6.20 Å². The molecule has 0 radical (unpaired) electrons. The number of H-pyrrole nitrogens is 1. The van der Waals surface area contributed by atoms with Crippen molar-refractivity contribution in [2.45, 2.75) is 13.3 Å². The van der Waals surface area contributed by atoms with Crippen molar-refractivity contribution in [2.24, 2.45) is 0 Å². The summed E-state index contributed by atoms with van der Waals surface area (Å²) in [6.07, 6.45) is 2.95. The number of nitrogens with one attached hydrogen (secondary N) is 1. The minimum atomic E-state index is 0.972. The van der Waals surface area contributed by atoms with Crippen LogP contribution in [-0.2, 0) is 6.42 Å². The van der Waals surface area contributed by atoms with Gasteiger partial charge >= 0.3 is 0 Å². The number of rotatable bonds is 1. The predicted molar refractivity (Wildman–Crippen MR) is 40.7 cm³/mol. The van der Waals surface area contributed by atoms with E-state index >= 15 is 0 Å². The number of imidazole rings is 1. The summed E-state index contributed by atoms with van der Waals surface area (Å²) in [4.78, 5) is 7.16. The highest BCUT2D eigenvalue weighted by molar-refractivity contribution is 14.1. The average molecular weight is 222 g/mol. The zero-order chi connectivity index (χ0) is 5.98. The van der Waals surface area contributed by atoms with Crippen molar-refractivity contribution in [1.29, 1.82) is 0 Å². The average Bonchev–Trinajstić information content (AvgIpc) is 2.14. The minimum absolute atomic E-state index is 0.972. The Hall–Kier alpha value is -0.0600. The fourth-order valence-electron chi connectivity index (χ4n) is 0.515. The molecule has 2 nitrogen and oxygen atoms in total. The van der Waals surface area contributed by atoms with E-state index in [9.17, 15) is 0 Å². The quantitative estimate of drug-likeness (QED) is 0.718. The van der Waals surface area contributed by atoms with Crippen LogP contribution in [0.5, 0.6) is 0 Å². The lowest BCUT2D eigenvalue weighted by molar-refractivity contribution is 1.05. The Kier molecular flexibility index (Phi) is 1.88. The first-order valence-electron chi connectivity index (χ1n) is 2.52. The molecule has 1 aromatic heterocycles. The summed E-state index contributed by atoms with van der Waals surface area (Å²) in [6, 6.07) is 0. The first-order valence-corrected chi connectivity index (χ1v) is 3.60. The second kappa shape index (κ2) is 2.48. The van der Waals surface area contributed by atoms with Crippen LogP contribution >= 0.6 is 22.6 Å². The predicted octanol–water partition coefficient (Wildman–Crippen LogP) is 1.58. The second-order valence-electron chi connectivity index (χ2n) is 1.54. The molecule has 0 aliphatic heterocycles. The van der Waals surface area contributed by atoms with Crippen LogP contribution in [-0.4, -0.2) is 9.97 Å². The lowest BCUT2D eigenvalue weighted by Gasteiger charge is -1.78. The fourth-order valence-corrected chi connectivity index (χ4v) is 0.980. The second-order valence-corrected chi connectivity index (χ2v) is 2.56. The van der Waals surface area contributed by atoms with Crippen molar-refractivity contribution in [3.05, 3.63) is 15.7 Å². The number of halogens is 1. The van der Waals surface area contributed by atoms with Gasteiger partial charge in [-0.25, -0.2) is 4.98 Å². The highest BCUT2D eigenvalue weighted by Gasteiger charge is 1.91. The van der Waals surface area contributed by atoms with Crippen molar-refractivity contribution in [3.63, 3.8) is 0 Å². The topological polar surface area (TPSA) is 28.7 Å². The summed E-state index contributed by atoms with van der Waals surface area (Å²) < 4.78 is 0.972. The lowest BCUT2D eigenvalue weighted by Crippen LogP contribution is -1.76. The Morgan fingerprint density at radius 1 is 1.88 bits per heavy atom. The van der Waals surface area contributed by atoms with Gasteiger partial charge in [0.1, 0.15) is 0 Å². The smallest absolute Gasteiger partial charge is 0.168 e. The van der Waals surface area contributed by atoms with Crippen LogP contribution in [0.1, 0.15) is 12.6 Å². The third-order valence-corrected chi connectivity index (χ3v) is 1.51. The summed E-state index contributed by atoms with van der Waals surface area (Å²) in [5.41, 5.74) is 1.13. The van der Waals surface area contributed by atoms with Crippen molar-refractivity contribution in [3.8, 4) is 0 Å². The Bertz CT molecular complexity index is 171. The van der Waals surface area contributed by atoms with Gasteiger partial charge in [-0.1, -0.05) is 6.92 Å². The van der Waals surface area contributed by atoms with Crippen LogP contribution < -0.4 is 0 Å². The van der Waals surface area contributed by atoms with Gasteiger partial charge in [-0.05, 0) is 29.0 Å². The normalized spacial score (nSPS) is 9.75. The highest BCUT2D eigenvalue weighted by atomic mass is 127. The third kappa shape index (κ3) is 1.21. The molecule has 1 heterocycles. The highest BCUT2D eigenvalue weighted by Crippen LogP contribution is 1.99. The molecule has 3 heteroatoms. The molecule has 0 fully saturated rings. The molecule has 0 saturated carbocycles. The maximum absolute atomic E-state index is 4.16. The van der Waals surface area contributed by atoms with Crippen LogP contribution in [0.4, 0.5) is 0 Å². The molecule has 44 valence electrons. The molecule has 0 saturated heterocycles. The van der Waals surface area contributed by atoms with Crippen LogP contribution in [0.25, 0.3) is 0 Å². The Morgan fingerprint density at radius 2 is 2.62 bits per heavy atom. The fraction of sp³-hybridized carbons (Fsp3) is 0.400. The molecule has 0 unspecified atom stereocenters. The molecule has 0 bridgehead atoms. The van der Waals surface area contributed by atoms with Crippen molar-refractivity contribution >= 4 is 22.6 Å². The molecule has 1 N–H and O–H groups in total. The van der Waals surface area contributed by atoms with E-state index in [2.05, 4.69) is 39.5 Å². The number of aromatic amines is 1. The van der Waals surface area contributed by atoms with Crippen LogP contribution in [0, 0.1) is 3.83 Å². The Morgan fingerprint density at radius 3 is 2.88 bits per heavy atom. The number of hydrogen-bond donors (Lipinski definition) is 1. The monoisotopic (exact) mass is 222 g/mol. The summed E-state index contributed by atoms with van der Waals surface area (Å²) in [5.74, 6) is 0. The molecular formula is C5H7IN2. The lowest BCUT2D eigenvalue weighted by atomic mass is 10.4. The minimum Gasteiger partial charge on any atom is -0.340 e. The maximum Gasteiger partial charge on any atom is 0.168 e. The zero-order valence-electron chi connectivity index (χ0n) is 4.61. The Balaban J connectivity index is 2.84. The standard InChI is InChI=1S/C5H7IN2/c1-2-4-3-7-5(6)8-4/h3H,2H2,1H3,(H,7,8). The molecule has 0 aliphatic carbocycles. The maximum atomic E-state index is 4.16. The zero-order valence-corrected chi connectivity index (χ0v) is 6.77. The van der Waals surface area contributed by atoms with Gasteiger partial charge in [-0.3, -0.25) is 0 Å². The molecule has 0 atom stereocenters. The first-order chi connectivity index (χ1) is 3.83. The van der Waals surface area contributed by atoms with E-state index in [0.29, 0.717) is 0 Å². The molecule has 8 heavy (non-hydrogen) atoms. The van der Waals surface area contributed by atoms with Crippen molar-refractivity contribution in [1.82, 2.24) is 9.97 Å². The molecular weight excluding hydrogens is 215 g/mol. The van der Waals surface area contributed by atoms with Gasteiger partial charge in [0.25, 0.3) is 0 Å². The number of aryl methyl sites for hydroxylation is 1. The molecule has 1 rings (SSSR count). The van der Waals surface area contributed by atoms with Crippen LogP contribution in [0.3, 0.4) is 0 Å².